The molecule has 1 N–H and O–H groups in total. The van der Waals surface area contributed by atoms with E-state index in [1.54, 1.807) is 12.3 Å². The second kappa shape index (κ2) is 8.93. The summed E-state index contributed by atoms with van der Waals surface area (Å²) in [5, 5.41) is 4.69. The minimum Gasteiger partial charge on any atom is -0.467 e. The van der Waals surface area contributed by atoms with E-state index in [9.17, 15) is 4.79 Å². The number of nitrogens with zero attached hydrogens (tertiary/aromatic N) is 5. The lowest BCUT2D eigenvalue weighted by molar-refractivity contribution is 0.131. The van der Waals surface area contributed by atoms with Gasteiger partial charge in [0.1, 0.15) is 16.5 Å². The maximum absolute atomic E-state index is 11.6. The summed E-state index contributed by atoms with van der Waals surface area (Å²) in [4.78, 5) is 31.0. The monoisotopic (exact) mass is 466 g/mol. The minimum absolute atomic E-state index is 0.0359. The number of nitrogens with one attached hydrogen (secondary N) is 1. The number of hydrogen-bond acceptors (Lipinski definition) is 9. The highest BCUT2D eigenvalue weighted by Crippen LogP contribution is 2.32. The Morgan fingerprint density at radius 3 is 2.70 bits per heavy atom. The molecule has 33 heavy (non-hydrogen) atoms. The Hall–Kier alpha value is -3.27. The zero-order valence-electron chi connectivity index (χ0n) is 18.8. The highest BCUT2D eigenvalue weighted by Gasteiger charge is 2.28. The van der Waals surface area contributed by atoms with Crippen LogP contribution in [0.1, 0.15) is 45.4 Å². The Balaban J connectivity index is 1.23. The molecular formula is C23H26N6O3S. The summed E-state index contributed by atoms with van der Waals surface area (Å²) >= 11 is 1.43. The summed E-state index contributed by atoms with van der Waals surface area (Å²) in [5.74, 6) is 1.42. The van der Waals surface area contributed by atoms with E-state index in [1.165, 1.54) is 11.3 Å². The molecule has 5 heterocycles. The van der Waals surface area contributed by atoms with Crippen molar-refractivity contribution in [2.75, 3.05) is 18.0 Å². The molecular weight excluding hydrogens is 440 g/mol. The molecule has 1 fully saturated rings. The van der Waals surface area contributed by atoms with Crippen LogP contribution in [0.15, 0.2) is 39.8 Å². The second-order valence-electron chi connectivity index (χ2n) is 8.68. The van der Waals surface area contributed by atoms with Crippen LogP contribution in [0.3, 0.4) is 0 Å². The van der Waals surface area contributed by atoms with Gasteiger partial charge in [0.25, 0.3) is 5.19 Å². The molecule has 1 unspecified atom stereocenters. The number of piperidine rings is 1. The van der Waals surface area contributed by atoms with Gasteiger partial charge in [-0.05, 0) is 43.9 Å². The minimum atomic E-state index is -0.151. The number of pyridine rings is 2. The van der Waals surface area contributed by atoms with E-state index in [0.717, 1.165) is 53.4 Å². The van der Waals surface area contributed by atoms with Gasteiger partial charge in [0.2, 0.25) is 5.56 Å². The third kappa shape index (κ3) is 4.61. The topological polar surface area (TPSA) is 110 Å². The third-order valence-electron chi connectivity index (χ3n) is 6.01. The van der Waals surface area contributed by atoms with Gasteiger partial charge in [-0.3, -0.25) is 4.79 Å². The molecule has 0 bridgehead atoms. The van der Waals surface area contributed by atoms with E-state index in [2.05, 4.69) is 50.8 Å². The molecule has 4 aromatic rings. The average molecular weight is 467 g/mol. The van der Waals surface area contributed by atoms with Crippen molar-refractivity contribution in [1.29, 1.82) is 0 Å². The first-order valence-corrected chi connectivity index (χ1v) is 12.0. The van der Waals surface area contributed by atoms with Crippen molar-refractivity contribution in [2.24, 2.45) is 5.92 Å². The van der Waals surface area contributed by atoms with Gasteiger partial charge < -0.3 is 19.1 Å². The molecule has 0 aliphatic carbocycles. The number of H-pyrrole nitrogens is 1. The summed E-state index contributed by atoms with van der Waals surface area (Å²) in [6.07, 6.45) is 3.63. The molecule has 4 aromatic heterocycles. The Kier molecular flexibility index (Phi) is 5.84. The number of aromatic nitrogens is 5. The van der Waals surface area contributed by atoms with E-state index in [-0.39, 0.29) is 17.6 Å². The lowest BCUT2D eigenvalue weighted by Gasteiger charge is -2.33. The molecule has 0 saturated carbocycles. The van der Waals surface area contributed by atoms with E-state index >= 15 is 0 Å². The van der Waals surface area contributed by atoms with Gasteiger partial charge in [-0.1, -0.05) is 30.3 Å². The highest BCUT2D eigenvalue weighted by atomic mass is 32.1. The molecule has 0 radical (unpaired) electrons. The van der Waals surface area contributed by atoms with Gasteiger partial charge in [0, 0.05) is 36.8 Å². The fraction of sp³-hybridized carbons (Fsp3) is 0.435. The lowest BCUT2D eigenvalue weighted by Crippen LogP contribution is -2.38. The van der Waals surface area contributed by atoms with Gasteiger partial charge in [0.05, 0.1) is 5.69 Å². The van der Waals surface area contributed by atoms with Crippen LogP contribution in [0.4, 0.5) is 6.01 Å². The van der Waals surface area contributed by atoms with Crippen molar-refractivity contribution in [3.63, 3.8) is 0 Å². The fourth-order valence-electron chi connectivity index (χ4n) is 4.02. The van der Waals surface area contributed by atoms with Gasteiger partial charge in [-0.25, -0.2) is 9.97 Å². The van der Waals surface area contributed by atoms with E-state index in [1.807, 2.05) is 18.2 Å². The molecule has 1 aliphatic rings. The molecule has 9 nitrogen and oxygen atoms in total. The van der Waals surface area contributed by atoms with Gasteiger partial charge in [0.15, 0.2) is 5.82 Å². The molecule has 0 spiro atoms. The van der Waals surface area contributed by atoms with E-state index in [0.29, 0.717) is 17.1 Å². The van der Waals surface area contributed by atoms with Crippen molar-refractivity contribution >= 4 is 27.7 Å². The zero-order valence-corrected chi connectivity index (χ0v) is 19.6. The number of rotatable bonds is 6. The first kappa shape index (κ1) is 21.6. The van der Waals surface area contributed by atoms with Crippen LogP contribution in [0, 0.1) is 5.92 Å². The Labute approximate surface area is 194 Å². The second-order valence-corrected chi connectivity index (χ2v) is 9.62. The van der Waals surface area contributed by atoms with Gasteiger partial charge in [-0.15, -0.1) is 0 Å². The number of anilines is 1. The standard InChI is InChI=1S/C23H26N6O3S/c1-13(2)20-27-22(32-28-20)29-10-7-15(8-11-29)14(3)31-23-26-18-5-4-17(25-21(18)33-23)16-6-9-24-19(30)12-16/h4-6,9,12-15H,7-8,10-11H2,1-3H3,(H,24,30). The predicted octanol–water partition coefficient (Wildman–Crippen LogP) is 4.24. The Morgan fingerprint density at radius 2 is 1.97 bits per heavy atom. The highest BCUT2D eigenvalue weighted by molar-refractivity contribution is 7.19. The number of hydrogen-bond donors (Lipinski definition) is 1. The van der Waals surface area contributed by atoms with Crippen LogP contribution in [0.5, 0.6) is 5.19 Å². The van der Waals surface area contributed by atoms with Crippen molar-refractivity contribution in [3.8, 4) is 16.5 Å². The average Bonchev–Trinajstić information content (AvgIpc) is 3.46. The number of fused-ring (bicyclic) bond motifs is 1. The molecule has 0 amide bonds. The number of aromatic amines is 1. The largest absolute Gasteiger partial charge is 0.467 e. The summed E-state index contributed by atoms with van der Waals surface area (Å²) in [7, 11) is 0. The van der Waals surface area contributed by atoms with Crippen molar-refractivity contribution in [1.82, 2.24) is 25.1 Å². The molecule has 172 valence electrons. The summed E-state index contributed by atoms with van der Waals surface area (Å²) < 4.78 is 11.7. The zero-order chi connectivity index (χ0) is 22.9. The quantitative estimate of drug-likeness (QED) is 0.449. The first-order valence-electron chi connectivity index (χ1n) is 11.2. The molecule has 5 rings (SSSR count). The number of thiazole rings is 1. The van der Waals surface area contributed by atoms with Crippen LogP contribution in [-0.4, -0.2) is 44.3 Å². The lowest BCUT2D eigenvalue weighted by atomic mass is 9.92. The van der Waals surface area contributed by atoms with Crippen LogP contribution >= 0.6 is 11.3 Å². The molecule has 10 heteroatoms. The third-order valence-corrected chi connectivity index (χ3v) is 6.87. The normalized spacial score (nSPS) is 15.9. The summed E-state index contributed by atoms with van der Waals surface area (Å²) in [5.41, 5.74) is 2.16. The summed E-state index contributed by atoms with van der Waals surface area (Å²) in [6.45, 7) is 7.94. The number of ether oxygens (including phenoxy) is 1. The van der Waals surface area contributed by atoms with Crippen LogP contribution < -0.4 is 15.2 Å². The van der Waals surface area contributed by atoms with Crippen LogP contribution in [0.2, 0.25) is 0 Å². The van der Waals surface area contributed by atoms with Gasteiger partial charge in [-0.2, -0.15) is 4.98 Å². The first-order chi connectivity index (χ1) is 16.0. The van der Waals surface area contributed by atoms with Crippen molar-refractivity contribution in [3.05, 3.63) is 46.6 Å². The van der Waals surface area contributed by atoms with Crippen LogP contribution in [-0.2, 0) is 0 Å². The van der Waals surface area contributed by atoms with Crippen molar-refractivity contribution in [2.45, 2.75) is 45.6 Å². The predicted molar refractivity (Wildman–Crippen MR) is 127 cm³/mol. The molecule has 1 atom stereocenters. The Bertz CT molecular complexity index is 1300. The molecule has 1 saturated heterocycles. The Morgan fingerprint density at radius 1 is 1.15 bits per heavy atom. The molecule has 1 aliphatic heterocycles. The maximum Gasteiger partial charge on any atom is 0.324 e. The van der Waals surface area contributed by atoms with Crippen LogP contribution in [0.25, 0.3) is 21.6 Å². The van der Waals surface area contributed by atoms with E-state index in [4.69, 9.17) is 9.26 Å². The fourth-order valence-corrected chi connectivity index (χ4v) is 4.89. The van der Waals surface area contributed by atoms with Gasteiger partial charge >= 0.3 is 6.01 Å². The molecule has 0 aromatic carbocycles. The smallest absolute Gasteiger partial charge is 0.324 e. The maximum atomic E-state index is 11.6. The SMILES string of the molecule is CC(C)c1noc(N2CCC(C(C)Oc3nc4ccc(-c5cc[nH]c(=O)c5)nc4s3)CC2)n1. The summed E-state index contributed by atoms with van der Waals surface area (Å²) in [6, 6.07) is 7.78. The van der Waals surface area contributed by atoms with Crippen molar-refractivity contribution < 1.29 is 9.26 Å². The van der Waals surface area contributed by atoms with E-state index < -0.39 is 0 Å².